The van der Waals surface area contributed by atoms with Crippen LogP contribution in [0.1, 0.15) is 5.56 Å². The third-order valence-corrected chi connectivity index (χ3v) is 3.48. The maximum absolute atomic E-state index is 11.3. The summed E-state index contributed by atoms with van der Waals surface area (Å²) in [7, 11) is 1.37. The summed E-state index contributed by atoms with van der Waals surface area (Å²) >= 11 is 3.41. The lowest BCUT2D eigenvalue weighted by molar-refractivity contribution is -0.156. The molecule has 98 valence electrons. The topological polar surface area (TPSA) is 47.6 Å². The smallest absolute Gasteiger partial charge is 0.336 e. The summed E-state index contributed by atoms with van der Waals surface area (Å²) in [5.41, 5.74) is 1.25. The summed E-state index contributed by atoms with van der Waals surface area (Å²) in [6.07, 6.45) is 0.414. The molecule has 0 bridgehead atoms. The van der Waals surface area contributed by atoms with E-state index in [1.54, 1.807) is 0 Å². The average Bonchev–Trinajstić information content (AvgIpc) is 2.41. The molecule has 1 aliphatic rings. The molecule has 0 unspecified atom stereocenters. The van der Waals surface area contributed by atoms with Crippen LogP contribution in [-0.4, -0.2) is 38.4 Å². The summed E-state index contributed by atoms with van der Waals surface area (Å²) in [5, 5.41) is 3.31. The maximum Gasteiger partial charge on any atom is 0.336 e. The number of esters is 1. The molecule has 0 aliphatic carbocycles. The molecule has 0 aromatic heterocycles. The van der Waals surface area contributed by atoms with E-state index in [2.05, 4.69) is 38.1 Å². The van der Waals surface area contributed by atoms with Crippen LogP contribution in [0.4, 0.5) is 0 Å². The van der Waals surface area contributed by atoms with Crippen molar-refractivity contribution in [1.82, 2.24) is 5.32 Å². The fraction of sp³-hybridized carbons (Fsp3) is 0.462. The van der Waals surface area contributed by atoms with Gasteiger partial charge in [0.15, 0.2) is 6.10 Å². The van der Waals surface area contributed by atoms with Crippen LogP contribution in [-0.2, 0) is 20.7 Å². The molecule has 5 heteroatoms. The second kappa shape index (κ2) is 6.31. The number of rotatable bonds is 3. The Labute approximate surface area is 115 Å². The summed E-state index contributed by atoms with van der Waals surface area (Å²) in [6.45, 7) is 1.03. The number of methoxy groups -OCH3 is 1. The van der Waals surface area contributed by atoms with Gasteiger partial charge in [-0.1, -0.05) is 28.1 Å². The van der Waals surface area contributed by atoms with Gasteiger partial charge in [0.05, 0.1) is 13.7 Å². The highest BCUT2D eigenvalue weighted by Crippen LogP contribution is 2.13. The molecular weight excluding hydrogens is 298 g/mol. The Bertz CT molecular complexity index is 399. The highest BCUT2D eigenvalue weighted by molar-refractivity contribution is 9.10. The molecule has 1 aromatic rings. The quantitative estimate of drug-likeness (QED) is 0.860. The van der Waals surface area contributed by atoms with Crippen molar-refractivity contribution in [2.24, 2.45) is 0 Å². The van der Waals surface area contributed by atoms with Gasteiger partial charge in [-0.3, -0.25) is 0 Å². The van der Waals surface area contributed by atoms with Gasteiger partial charge >= 0.3 is 5.97 Å². The molecule has 2 atom stereocenters. The van der Waals surface area contributed by atoms with E-state index in [0.29, 0.717) is 13.2 Å². The first kappa shape index (κ1) is 13.5. The number of carbonyl (C=O) groups is 1. The molecule has 1 aromatic carbocycles. The molecule has 0 spiro atoms. The molecule has 1 saturated heterocycles. The standard InChI is InChI=1S/C13H16BrNO3/c1-17-13(16)12-7-15-11(8-18-12)6-9-2-4-10(14)5-3-9/h2-5,11-12,15H,6-8H2,1H3/t11-,12+/m0/s1. The van der Waals surface area contributed by atoms with Gasteiger partial charge in [-0.05, 0) is 24.1 Å². The van der Waals surface area contributed by atoms with Crippen molar-refractivity contribution >= 4 is 21.9 Å². The molecule has 1 fully saturated rings. The van der Waals surface area contributed by atoms with E-state index in [-0.39, 0.29) is 12.0 Å². The number of halogens is 1. The Morgan fingerprint density at radius 2 is 2.22 bits per heavy atom. The predicted octanol–water partition coefficient (Wildman–Crippen LogP) is 1.52. The Morgan fingerprint density at radius 3 is 2.78 bits per heavy atom. The second-order valence-electron chi connectivity index (χ2n) is 4.28. The average molecular weight is 314 g/mol. The minimum Gasteiger partial charge on any atom is -0.467 e. The van der Waals surface area contributed by atoms with Crippen molar-refractivity contribution in [1.29, 1.82) is 0 Å². The van der Waals surface area contributed by atoms with Gasteiger partial charge in [-0.25, -0.2) is 4.79 Å². The molecule has 1 aliphatic heterocycles. The number of carbonyl (C=O) groups excluding carboxylic acids is 1. The summed E-state index contributed by atoms with van der Waals surface area (Å²) in [4.78, 5) is 11.3. The van der Waals surface area contributed by atoms with Gasteiger partial charge < -0.3 is 14.8 Å². The number of nitrogens with one attached hydrogen (secondary N) is 1. The first-order valence-electron chi connectivity index (χ1n) is 5.86. The van der Waals surface area contributed by atoms with E-state index in [1.165, 1.54) is 12.7 Å². The zero-order chi connectivity index (χ0) is 13.0. The normalized spacial score (nSPS) is 23.7. The molecule has 1 N–H and O–H groups in total. The molecule has 0 radical (unpaired) electrons. The van der Waals surface area contributed by atoms with Crippen molar-refractivity contribution in [3.8, 4) is 0 Å². The lowest BCUT2D eigenvalue weighted by atomic mass is 10.1. The molecule has 2 rings (SSSR count). The van der Waals surface area contributed by atoms with Gasteiger partial charge in [0, 0.05) is 17.1 Å². The predicted molar refractivity (Wildman–Crippen MR) is 71.4 cm³/mol. The van der Waals surface area contributed by atoms with Crippen molar-refractivity contribution in [3.05, 3.63) is 34.3 Å². The largest absolute Gasteiger partial charge is 0.467 e. The summed E-state index contributed by atoms with van der Waals surface area (Å²) in [6, 6.07) is 8.45. The lowest BCUT2D eigenvalue weighted by Crippen LogP contribution is -2.50. The molecule has 0 saturated carbocycles. The first-order chi connectivity index (χ1) is 8.69. The van der Waals surface area contributed by atoms with Crippen LogP contribution in [0.2, 0.25) is 0 Å². The van der Waals surface area contributed by atoms with E-state index in [9.17, 15) is 4.79 Å². The van der Waals surface area contributed by atoms with Crippen LogP contribution in [0.25, 0.3) is 0 Å². The Kier molecular flexibility index (Phi) is 4.74. The molecular formula is C13H16BrNO3. The number of morpholine rings is 1. The van der Waals surface area contributed by atoms with Crippen LogP contribution in [0, 0.1) is 0 Å². The zero-order valence-corrected chi connectivity index (χ0v) is 11.8. The van der Waals surface area contributed by atoms with Crippen LogP contribution in [0.15, 0.2) is 28.7 Å². The van der Waals surface area contributed by atoms with E-state index < -0.39 is 6.10 Å². The Hall–Kier alpha value is -0.910. The molecule has 0 amide bonds. The maximum atomic E-state index is 11.3. The van der Waals surface area contributed by atoms with Gasteiger partial charge in [0.2, 0.25) is 0 Å². The van der Waals surface area contributed by atoms with Gasteiger partial charge in [0.1, 0.15) is 0 Å². The van der Waals surface area contributed by atoms with Crippen LogP contribution in [0.3, 0.4) is 0 Å². The molecule has 1 heterocycles. The monoisotopic (exact) mass is 313 g/mol. The summed E-state index contributed by atoms with van der Waals surface area (Å²) < 4.78 is 11.2. The number of hydrogen-bond donors (Lipinski definition) is 1. The van der Waals surface area contributed by atoms with Gasteiger partial charge in [-0.2, -0.15) is 0 Å². The number of ether oxygens (including phenoxy) is 2. The van der Waals surface area contributed by atoms with Crippen molar-refractivity contribution in [3.63, 3.8) is 0 Å². The first-order valence-corrected chi connectivity index (χ1v) is 6.65. The SMILES string of the molecule is COC(=O)[C@H]1CN[C@@H](Cc2ccc(Br)cc2)CO1. The Balaban J connectivity index is 1.83. The van der Waals surface area contributed by atoms with Crippen molar-refractivity contribution in [2.45, 2.75) is 18.6 Å². The fourth-order valence-corrected chi connectivity index (χ4v) is 2.21. The third-order valence-electron chi connectivity index (χ3n) is 2.95. The lowest BCUT2D eigenvalue weighted by Gasteiger charge is -2.28. The summed E-state index contributed by atoms with van der Waals surface area (Å²) in [5.74, 6) is -0.315. The van der Waals surface area contributed by atoms with E-state index in [1.807, 2.05) is 12.1 Å². The number of hydrogen-bond acceptors (Lipinski definition) is 4. The van der Waals surface area contributed by atoms with E-state index in [0.717, 1.165) is 10.9 Å². The van der Waals surface area contributed by atoms with Crippen LogP contribution >= 0.6 is 15.9 Å². The zero-order valence-electron chi connectivity index (χ0n) is 10.2. The molecule has 4 nitrogen and oxygen atoms in total. The minimum atomic E-state index is -0.476. The second-order valence-corrected chi connectivity index (χ2v) is 5.20. The molecule has 18 heavy (non-hydrogen) atoms. The van der Waals surface area contributed by atoms with E-state index in [4.69, 9.17) is 4.74 Å². The van der Waals surface area contributed by atoms with Crippen molar-refractivity contribution in [2.75, 3.05) is 20.3 Å². The van der Waals surface area contributed by atoms with Crippen LogP contribution < -0.4 is 5.32 Å². The highest BCUT2D eigenvalue weighted by Gasteiger charge is 2.27. The van der Waals surface area contributed by atoms with Gasteiger partial charge in [0.25, 0.3) is 0 Å². The van der Waals surface area contributed by atoms with Crippen molar-refractivity contribution < 1.29 is 14.3 Å². The third kappa shape index (κ3) is 3.54. The highest BCUT2D eigenvalue weighted by atomic mass is 79.9. The fourth-order valence-electron chi connectivity index (χ4n) is 1.94. The van der Waals surface area contributed by atoms with Gasteiger partial charge in [-0.15, -0.1) is 0 Å². The number of benzene rings is 1. The van der Waals surface area contributed by atoms with Crippen LogP contribution in [0.5, 0.6) is 0 Å². The minimum absolute atomic E-state index is 0.243. The Morgan fingerprint density at radius 1 is 1.50 bits per heavy atom. The van der Waals surface area contributed by atoms with E-state index >= 15 is 0 Å².